The summed E-state index contributed by atoms with van der Waals surface area (Å²) in [5.41, 5.74) is 4.14. The van der Waals surface area contributed by atoms with Crippen molar-refractivity contribution in [2.45, 2.75) is 85.6 Å². The predicted molar refractivity (Wildman–Crippen MR) is 166 cm³/mol. The number of carbonyl (C=O) groups excluding carboxylic acids is 2. The first-order valence-electron chi connectivity index (χ1n) is 14.3. The van der Waals surface area contributed by atoms with Gasteiger partial charge in [0.1, 0.15) is 18.4 Å². The molecule has 40 heavy (non-hydrogen) atoms. The van der Waals surface area contributed by atoms with Crippen molar-refractivity contribution in [2.24, 2.45) is 11.8 Å². The van der Waals surface area contributed by atoms with Crippen LogP contribution in [0, 0.1) is 25.7 Å². The molecule has 2 amide bonds. The van der Waals surface area contributed by atoms with Crippen LogP contribution in [0.4, 0.5) is 10.5 Å². The van der Waals surface area contributed by atoms with Crippen LogP contribution in [-0.2, 0) is 21.0 Å². The highest BCUT2D eigenvalue weighted by atomic mass is 32.3. The number of alkyl carbamates (subject to hydrolysis) is 1. The molecule has 224 valence electrons. The second-order valence-corrected chi connectivity index (χ2v) is 17.7. The van der Waals surface area contributed by atoms with E-state index in [1.165, 1.54) is 0 Å². The maximum Gasteiger partial charge on any atom is 0.408 e. The fraction of sp³-hybridized carbons (Fsp3) is 0.645. The molecule has 1 fully saturated rings. The standard InChI is InChI=1S/C31H50N4O4S/c1-21-10-12-25(13-11-21)28(33-30(37)39-31(4,5)6)29(36)32-26-16-14-24(15-17-26)27-22(2)34-35(23(27)3)20-38-18-19-40(7,8)9/h14-17,21,25,28H,10-13,18-20H2,1-9H3,(H,32,36)(H,33,37)/t21?,25?,28-/m0/s1. The van der Waals surface area contributed by atoms with Gasteiger partial charge in [0.25, 0.3) is 0 Å². The number of ether oxygens (including phenoxy) is 2. The third kappa shape index (κ3) is 9.54. The number of aromatic nitrogens is 2. The molecule has 1 heterocycles. The van der Waals surface area contributed by atoms with Gasteiger partial charge in [0.15, 0.2) is 0 Å². The quantitative estimate of drug-likeness (QED) is 0.316. The minimum atomic E-state index is -0.648. The van der Waals surface area contributed by atoms with Crippen molar-refractivity contribution in [3.8, 4) is 11.1 Å². The zero-order chi connectivity index (χ0) is 29.7. The fourth-order valence-electron chi connectivity index (χ4n) is 5.09. The average Bonchev–Trinajstić information content (AvgIpc) is 3.12. The molecule has 0 saturated heterocycles. The largest absolute Gasteiger partial charge is 0.444 e. The molecule has 1 aliphatic rings. The molecule has 1 atom stereocenters. The number of rotatable bonds is 10. The third-order valence-electron chi connectivity index (χ3n) is 7.36. The van der Waals surface area contributed by atoms with Crippen molar-refractivity contribution < 1.29 is 19.1 Å². The van der Waals surface area contributed by atoms with Gasteiger partial charge in [-0.15, -0.1) is 0 Å². The molecule has 0 unspecified atom stereocenters. The highest BCUT2D eigenvalue weighted by Gasteiger charge is 2.33. The summed E-state index contributed by atoms with van der Waals surface area (Å²) in [7, 11) is -0.587. The van der Waals surface area contributed by atoms with Crippen molar-refractivity contribution in [2.75, 3.05) is 36.4 Å². The molecule has 0 bridgehead atoms. The molecule has 1 aromatic carbocycles. The lowest BCUT2D eigenvalue weighted by atomic mass is 9.79. The number of hydrogen-bond donors (Lipinski definition) is 2. The average molecular weight is 575 g/mol. The number of aryl methyl sites for hydroxylation is 1. The second kappa shape index (κ2) is 13.4. The van der Waals surface area contributed by atoms with E-state index in [1.807, 2.05) is 56.6 Å². The predicted octanol–water partition coefficient (Wildman–Crippen LogP) is 6.49. The van der Waals surface area contributed by atoms with E-state index in [9.17, 15) is 9.59 Å². The van der Waals surface area contributed by atoms with Crippen molar-refractivity contribution in [3.63, 3.8) is 0 Å². The van der Waals surface area contributed by atoms with Gasteiger partial charge in [-0.3, -0.25) is 4.79 Å². The Morgan fingerprint density at radius 3 is 2.27 bits per heavy atom. The number of hydrogen-bond acceptors (Lipinski definition) is 5. The first kappa shape index (κ1) is 32.0. The highest BCUT2D eigenvalue weighted by molar-refractivity contribution is 8.32. The summed E-state index contributed by atoms with van der Waals surface area (Å²) in [6, 6.07) is 7.15. The van der Waals surface area contributed by atoms with Crippen LogP contribution >= 0.6 is 10.0 Å². The Morgan fingerprint density at radius 1 is 1.07 bits per heavy atom. The van der Waals surface area contributed by atoms with Crippen LogP contribution < -0.4 is 10.6 Å². The van der Waals surface area contributed by atoms with Crippen LogP contribution in [-0.4, -0.2) is 64.6 Å². The van der Waals surface area contributed by atoms with Crippen LogP contribution in [0.5, 0.6) is 0 Å². The summed E-state index contributed by atoms with van der Waals surface area (Å²) in [5.74, 6) is 1.57. The molecule has 0 radical (unpaired) electrons. The van der Waals surface area contributed by atoms with Gasteiger partial charge in [-0.05, 0) is 95.8 Å². The zero-order valence-corrected chi connectivity index (χ0v) is 26.7. The Hall–Kier alpha value is -2.52. The number of carbonyl (C=O) groups is 2. The topological polar surface area (TPSA) is 94.5 Å². The molecule has 1 aromatic heterocycles. The van der Waals surface area contributed by atoms with Crippen LogP contribution in [0.2, 0.25) is 0 Å². The van der Waals surface area contributed by atoms with E-state index in [1.54, 1.807) is 0 Å². The Balaban J connectivity index is 1.69. The molecule has 1 saturated carbocycles. The Morgan fingerprint density at radius 2 is 1.70 bits per heavy atom. The summed E-state index contributed by atoms with van der Waals surface area (Å²) in [6.07, 6.45) is 10.2. The number of nitrogens with one attached hydrogen (secondary N) is 2. The Labute approximate surface area is 242 Å². The number of anilines is 1. The van der Waals surface area contributed by atoms with Crippen molar-refractivity contribution >= 4 is 27.7 Å². The van der Waals surface area contributed by atoms with Gasteiger partial charge in [0.05, 0.1) is 12.3 Å². The maximum absolute atomic E-state index is 13.4. The van der Waals surface area contributed by atoms with Gasteiger partial charge in [0.2, 0.25) is 5.91 Å². The van der Waals surface area contributed by atoms with E-state index in [2.05, 4.69) is 43.2 Å². The van der Waals surface area contributed by atoms with E-state index < -0.39 is 27.8 Å². The monoisotopic (exact) mass is 574 g/mol. The van der Waals surface area contributed by atoms with Crippen molar-refractivity contribution in [3.05, 3.63) is 35.7 Å². The van der Waals surface area contributed by atoms with Crippen molar-refractivity contribution in [1.82, 2.24) is 15.1 Å². The molecule has 8 nitrogen and oxygen atoms in total. The van der Waals surface area contributed by atoms with Crippen LogP contribution in [0.3, 0.4) is 0 Å². The molecule has 3 rings (SSSR count). The molecule has 0 aliphatic heterocycles. The van der Waals surface area contributed by atoms with E-state index >= 15 is 0 Å². The van der Waals surface area contributed by atoms with Gasteiger partial charge in [-0.2, -0.15) is 5.10 Å². The summed E-state index contributed by atoms with van der Waals surface area (Å²) >= 11 is 0. The third-order valence-corrected chi connectivity index (χ3v) is 8.75. The highest BCUT2D eigenvalue weighted by Crippen LogP contribution is 2.34. The van der Waals surface area contributed by atoms with Gasteiger partial charge < -0.3 is 20.1 Å². The zero-order valence-electron chi connectivity index (χ0n) is 25.9. The minimum absolute atomic E-state index is 0.0751. The SMILES string of the molecule is Cc1nn(COCCS(C)(C)C)c(C)c1-c1ccc(NC(=O)[C@@H](NC(=O)OC(C)(C)C)C2CCC(C)CC2)cc1. The maximum atomic E-state index is 13.4. The van der Waals surface area contributed by atoms with Crippen LogP contribution in [0.15, 0.2) is 24.3 Å². The summed E-state index contributed by atoms with van der Waals surface area (Å²) in [6.45, 7) is 12.9. The molecule has 0 spiro atoms. The van der Waals surface area contributed by atoms with E-state index in [4.69, 9.17) is 14.6 Å². The van der Waals surface area contributed by atoms with Crippen LogP contribution in [0.1, 0.15) is 64.8 Å². The summed E-state index contributed by atoms with van der Waals surface area (Å²) < 4.78 is 13.3. The Kier molecular flexibility index (Phi) is 10.7. The summed E-state index contributed by atoms with van der Waals surface area (Å²) in [4.78, 5) is 26.0. The van der Waals surface area contributed by atoms with Crippen LogP contribution in [0.25, 0.3) is 11.1 Å². The van der Waals surface area contributed by atoms with E-state index in [0.29, 0.717) is 18.3 Å². The van der Waals surface area contributed by atoms with Gasteiger partial charge >= 0.3 is 6.09 Å². The van der Waals surface area contributed by atoms with Gasteiger partial charge in [-0.1, -0.05) is 31.9 Å². The van der Waals surface area contributed by atoms with Gasteiger partial charge in [0, 0.05) is 22.7 Å². The molecule has 9 heteroatoms. The molecular formula is C31H50N4O4S. The number of benzene rings is 1. The number of amides is 2. The molecule has 1 aliphatic carbocycles. The first-order chi connectivity index (χ1) is 18.6. The fourth-order valence-corrected chi connectivity index (χ4v) is 5.71. The second-order valence-electron chi connectivity index (χ2n) is 13.1. The molecule has 2 N–H and O–H groups in total. The lowest BCUT2D eigenvalue weighted by Crippen LogP contribution is -2.50. The Bertz CT molecular complexity index is 1140. The normalized spacial score (nSPS) is 19.1. The lowest BCUT2D eigenvalue weighted by Gasteiger charge is -2.33. The van der Waals surface area contributed by atoms with Crippen molar-refractivity contribution in [1.29, 1.82) is 0 Å². The lowest BCUT2D eigenvalue weighted by molar-refractivity contribution is -0.119. The van der Waals surface area contributed by atoms with E-state index in [-0.39, 0.29) is 11.8 Å². The van der Waals surface area contributed by atoms with Gasteiger partial charge in [-0.25, -0.2) is 19.5 Å². The number of nitrogens with zero attached hydrogens (tertiary/aromatic N) is 2. The first-order valence-corrected chi connectivity index (χ1v) is 17.3. The smallest absolute Gasteiger partial charge is 0.408 e. The summed E-state index contributed by atoms with van der Waals surface area (Å²) in [5, 5.41) is 10.6. The molecule has 2 aromatic rings. The minimum Gasteiger partial charge on any atom is -0.444 e. The van der Waals surface area contributed by atoms with E-state index in [0.717, 1.165) is 60.6 Å². The molecular weight excluding hydrogens is 524 g/mol.